The van der Waals surface area contributed by atoms with Crippen molar-refractivity contribution in [3.8, 4) is 0 Å². The molecule has 0 radical (unpaired) electrons. The minimum atomic E-state index is -0.606. The zero-order chi connectivity index (χ0) is 8.72. The molecule has 0 bridgehead atoms. The summed E-state index contributed by atoms with van der Waals surface area (Å²) in [6.45, 7) is 0. The Labute approximate surface area is 74.3 Å². The molecule has 2 aromatic heterocycles. The SMILES string of the molecule is O=Cc1sc2sc(F)cc2c1F. The molecule has 0 spiro atoms. The predicted octanol–water partition coefficient (Wildman–Crippen LogP) is 3.05. The summed E-state index contributed by atoms with van der Waals surface area (Å²) in [6.07, 6.45) is 0.449. The van der Waals surface area contributed by atoms with E-state index in [4.69, 9.17) is 0 Å². The summed E-state index contributed by atoms with van der Waals surface area (Å²) in [7, 11) is 0. The molecule has 0 N–H and O–H groups in total. The molecule has 0 atom stereocenters. The van der Waals surface area contributed by atoms with Crippen LogP contribution in [0.3, 0.4) is 0 Å². The van der Waals surface area contributed by atoms with Crippen molar-refractivity contribution in [2.45, 2.75) is 0 Å². The van der Waals surface area contributed by atoms with Crippen LogP contribution in [0.15, 0.2) is 6.07 Å². The van der Waals surface area contributed by atoms with E-state index in [1.165, 1.54) is 0 Å². The Morgan fingerprint density at radius 2 is 2.08 bits per heavy atom. The van der Waals surface area contributed by atoms with Crippen LogP contribution < -0.4 is 0 Å². The third-order valence-electron chi connectivity index (χ3n) is 1.43. The van der Waals surface area contributed by atoms with Crippen LogP contribution in [-0.4, -0.2) is 6.29 Å². The highest BCUT2D eigenvalue weighted by Crippen LogP contribution is 2.34. The molecule has 5 heteroatoms. The van der Waals surface area contributed by atoms with E-state index in [-0.39, 0.29) is 10.3 Å². The average Bonchev–Trinajstić information content (AvgIpc) is 2.51. The third kappa shape index (κ3) is 0.971. The summed E-state index contributed by atoms with van der Waals surface area (Å²) in [4.78, 5) is 10.3. The van der Waals surface area contributed by atoms with E-state index in [0.29, 0.717) is 10.3 Å². The average molecular weight is 204 g/mol. The van der Waals surface area contributed by atoms with Crippen molar-refractivity contribution in [3.05, 3.63) is 21.9 Å². The summed E-state index contributed by atoms with van der Waals surface area (Å²) in [5, 5.41) is -0.211. The first-order chi connectivity index (χ1) is 5.72. The molecular formula is C7H2F2OS2. The van der Waals surface area contributed by atoms with Crippen molar-refractivity contribution in [2.24, 2.45) is 0 Å². The fraction of sp³-hybridized carbons (Fsp3) is 0. The smallest absolute Gasteiger partial charge is 0.178 e. The number of halogens is 2. The molecule has 2 heterocycles. The van der Waals surface area contributed by atoms with Gasteiger partial charge in [0.1, 0.15) is 4.88 Å². The Bertz CT molecular complexity index is 443. The number of aldehydes is 1. The Morgan fingerprint density at radius 3 is 2.67 bits per heavy atom. The molecule has 2 rings (SSSR count). The Hall–Kier alpha value is -0.810. The van der Waals surface area contributed by atoms with Crippen molar-refractivity contribution in [3.63, 3.8) is 0 Å². The summed E-state index contributed by atoms with van der Waals surface area (Å²) in [5.41, 5.74) is 0. The van der Waals surface area contributed by atoms with Gasteiger partial charge in [0.2, 0.25) is 0 Å². The van der Waals surface area contributed by atoms with Crippen molar-refractivity contribution < 1.29 is 13.6 Å². The molecule has 0 aliphatic carbocycles. The van der Waals surface area contributed by atoms with Gasteiger partial charge in [0.15, 0.2) is 17.2 Å². The molecule has 0 aliphatic rings. The second kappa shape index (κ2) is 2.60. The number of rotatable bonds is 1. The maximum Gasteiger partial charge on any atom is 0.178 e. The number of fused-ring (bicyclic) bond motifs is 1. The summed E-state index contributed by atoms with van der Waals surface area (Å²) >= 11 is 1.84. The third-order valence-corrected chi connectivity index (χ3v) is 3.55. The maximum absolute atomic E-state index is 13.1. The topological polar surface area (TPSA) is 17.1 Å². The molecule has 2 aromatic rings. The Morgan fingerprint density at radius 1 is 1.33 bits per heavy atom. The van der Waals surface area contributed by atoms with Gasteiger partial charge < -0.3 is 0 Å². The Balaban J connectivity index is 2.82. The van der Waals surface area contributed by atoms with Crippen molar-refractivity contribution in [1.29, 1.82) is 0 Å². The molecule has 0 saturated carbocycles. The number of carbonyl (C=O) groups excluding carboxylic acids is 1. The quantitative estimate of drug-likeness (QED) is 0.652. The number of thiophene rings is 2. The van der Waals surface area contributed by atoms with Gasteiger partial charge in [-0.3, -0.25) is 4.79 Å². The fourth-order valence-corrected chi connectivity index (χ4v) is 2.92. The highest BCUT2D eigenvalue weighted by atomic mass is 32.2. The maximum atomic E-state index is 13.1. The lowest BCUT2D eigenvalue weighted by atomic mass is 10.3. The molecule has 0 aromatic carbocycles. The fourth-order valence-electron chi connectivity index (χ4n) is 0.927. The van der Waals surface area contributed by atoms with Gasteiger partial charge in [0, 0.05) is 5.39 Å². The number of carbonyl (C=O) groups is 1. The lowest BCUT2D eigenvalue weighted by Gasteiger charge is -1.79. The first kappa shape index (κ1) is 7.82. The minimum absolute atomic E-state index is 0.0382. The molecule has 1 nitrogen and oxygen atoms in total. The van der Waals surface area contributed by atoms with Gasteiger partial charge in [-0.15, -0.1) is 11.3 Å². The van der Waals surface area contributed by atoms with Crippen LogP contribution >= 0.6 is 22.7 Å². The summed E-state index contributed by atoms with van der Waals surface area (Å²) in [6, 6.07) is 1.11. The zero-order valence-electron chi connectivity index (χ0n) is 5.64. The van der Waals surface area contributed by atoms with E-state index in [2.05, 4.69) is 0 Å². The van der Waals surface area contributed by atoms with E-state index in [1.54, 1.807) is 0 Å². The molecule has 12 heavy (non-hydrogen) atoms. The van der Waals surface area contributed by atoms with E-state index in [9.17, 15) is 13.6 Å². The molecule has 0 saturated heterocycles. The van der Waals surface area contributed by atoms with E-state index >= 15 is 0 Å². The van der Waals surface area contributed by atoms with Gasteiger partial charge in [-0.2, -0.15) is 4.39 Å². The number of hydrogen-bond acceptors (Lipinski definition) is 3. The van der Waals surface area contributed by atoms with Crippen LogP contribution in [0, 0.1) is 10.9 Å². The van der Waals surface area contributed by atoms with Crippen molar-refractivity contribution in [2.75, 3.05) is 0 Å². The normalized spacial score (nSPS) is 10.8. The molecule has 62 valence electrons. The Kier molecular flexibility index (Phi) is 1.69. The molecular weight excluding hydrogens is 202 g/mol. The van der Waals surface area contributed by atoms with Crippen molar-refractivity contribution >= 4 is 38.4 Å². The van der Waals surface area contributed by atoms with Gasteiger partial charge in [-0.25, -0.2) is 4.39 Å². The van der Waals surface area contributed by atoms with Gasteiger partial charge in [0.05, 0.1) is 4.01 Å². The van der Waals surface area contributed by atoms with Gasteiger partial charge in [0.25, 0.3) is 0 Å². The molecule has 0 aliphatic heterocycles. The van der Waals surface area contributed by atoms with Crippen LogP contribution in [0.4, 0.5) is 8.78 Å². The first-order valence-corrected chi connectivity index (χ1v) is 4.68. The van der Waals surface area contributed by atoms with Crippen LogP contribution in [0.25, 0.3) is 9.40 Å². The van der Waals surface area contributed by atoms with Gasteiger partial charge in [-0.1, -0.05) is 11.3 Å². The zero-order valence-corrected chi connectivity index (χ0v) is 7.27. The van der Waals surface area contributed by atoms with Gasteiger partial charge in [-0.05, 0) is 6.07 Å². The molecule has 0 amide bonds. The van der Waals surface area contributed by atoms with Crippen LogP contribution in [0.2, 0.25) is 0 Å². The largest absolute Gasteiger partial charge is 0.297 e. The highest BCUT2D eigenvalue weighted by molar-refractivity contribution is 7.38. The lowest BCUT2D eigenvalue weighted by Crippen LogP contribution is -1.75. The van der Waals surface area contributed by atoms with E-state index < -0.39 is 10.9 Å². The first-order valence-electron chi connectivity index (χ1n) is 3.05. The highest BCUT2D eigenvalue weighted by Gasteiger charge is 2.14. The molecule has 0 unspecified atom stereocenters. The van der Waals surface area contributed by atoms with Gasteiger partial charge >= 0.3 is 0 Å². The van der Waals surface area contributed by atoms with Crippen LogP contribution in [0.5, 0.6) is 0 Å². The van der Waals surface area contributed by atoms with Crippen LogP contribution in [-0.2, 0) is 0 Å². The van der Waals surface area contributed by atoms with Crippen LogP contribution in [0.1, 0.15) is 9.67 Å². The number of hydrogen-bond donors (Lipinski definition) is 0. The minimum Gasteiger partial charge on any atom is -0.297 e. The predicted molar refractivity (Wildman–Crippen MR) is 45.0 cm³/mol. The van der Waals surface area contributed by atoms with Crippen molar-refractivity contribution in [1.82, 2.24) is 0 Å². The standard InChI is InChI=1S/C7H2F2OS2/c8-5-1-3-6(9)4(2-10)11-7(3)12-5/h1-2H. The molecule has 0 fully saturated rings. The lowest BCUT2D eigenvalue weighted by molar-refractivity contribution is 0.112. The summed E-state index contributed by atoms with van der Waals surface area (Å²) in [5.74, 6) is -0.606. The second-order valence-corrected chi connectivity index (χ2v) is 4.46. The monoisotopic (exact) mass is 204 g/mol. The van der Waals surface area contributed by atoms with E-state index in [0.717, 1.165) is 28.7 Å². The summed E-state index contributed by atoms with van der Waals surface area (Å²) < 4.78 is 26.1. The second-order valence-electron chi connectivity index (χ2n) is 2.15. The van der Waals surface area contributed by atoms with E-state index in [1.807, 2.05) is 0 Å².